The summed E-state index contributed by atoms with van der Waals surface area (Å²) in [6.07, 6.45) is -0.0289. The van der Waals surface area contributed by atoms with Crippen LogP contribution in [0.1, 0.15) is 28.9 Å². The smallest absolute Gasteiger partial charge is 0.286 e. The molecule has 0 aliphatic carbocycles. The molecule has 8 nitrogen and oxygen atoms in total. The third-order valence-corrected chi connectivity index (χ3v) is 5.04. The zero-order chi connectivity index (χ0) is 23.8. The van der Waals surface area contributed by atoms with Gasteiger partial charge in [0, 0.05) is 30.3 Å². The molecule has 4 rings (SSSR count). The van der Waals surface area contributed by atoms with Crippen molar-refractivity contribution in [3.63, 3.8) is 0 Å². The van der Waals surface area contributed by atoms with Crippen molar-refractivity contribution in [1.82, 2.24) is 21.2 Å². The van der Waals surface area contributed by atoms with Gasteiger partial charge < -0.3 is 15.0 Å². The molecule has 0 aliphatic heterocycles. The molecule has 0 atom stereocenters. The number of carbonyl (C=O) groups excluding carboxylic acids is 3. The largest absolute Gasteiger partial charge is 0.457 e. The summed E-state index contributed by atoms with van der Waals surface area (Å²) in [5.41, 5.74) is 6.72. The minimum absolute atomic E-state index is 0.0190. The monoisotopic (exact) mass is 456 g/mol. The Hall–Kier alpha value is -4.59. The molecule has 0 unspecified atom stereocenters. The van der Waals surface area contributed by atoms with Gasteiger partial charge in [-0.05, 0) is 42.0 Å². The number of nitrogens with one attached hydrogen (secondary N) is 4. The van der Waals surface area contributed by atoms with Crippen molar-refractivity contribution in [3.8, 4) is 11.5 Å². The lowest BCUT2D eigenvalue weighted by molar-refractivity contribution is -0.126. The highest BCUT2D eigenvalue weighted by Crippen LogP contribution is 2.26. The lowest BCUT2D eigenvalue weighted by Gasteiger charge is -2.07. The van der Waals surface area contributed by atoms with Crippen LogP contribution in [0, 0.1) is 0 Å². The van der Waals surface area contributed by atoms with Gasteiger partial charge in [-0.15, -0.1) is 0 Å². The van der Waals surface area contributed by atoms with Crippen molar-refractivity contribution in [2.45, 2.75) is 19.4 Å². The molecule has 172 valence electrons. The van der Waals surface area contributed by atoms with E-state index in [1.54, 1.807) is 12.1 Å². The molecule has 0 saturated heterocycles. The summed E-state index contributed by atoms with van der Waals surface area (Å²) < 4.78 is 5.82. The molecular weight excluding hydrogens is 432 g/mol. The second kappa shape index (κ2) is 10.8. The van der Waals surface area contributed by atoms with Gasteiger partial charge in [0.1, 0.15) is 17.2 Å². The lowest BCUT2D eigenvalue weighted by atomic mass is 10.2. The molecular formula is C26H24N4O4. The molecule has 3 aromatic carbocycles. The van der Waals surface area contributed by atoms with Crippen LogP contribution in [0.25, 0.3) is 10.9 Å². The van der Waals surface area contributed by atoms with E-state index < -0.39 is 11.8 Å². The van der Waals surface area contributed by atoms with E-state index in [1.807, 2.05) is 72.8 Å². The van der Waals surface area contributed by atoms with Crippen LogP contribution < -0.4 is 20.9 Å². The maximum absolute atomic E-state index is 12.4. The predicted molar refractivity (Wildman–Crippen MR) is 128 cm³/mol. The van der Waals surface area contributed by atoms with E-state index in [9.17, 15) is 14.4 Å². The molecule has 34 heavy (non-hydrogen) atoms. The van der Waals surface area contributed by atoms with E-state index in [-0.39, 0.29) is 24.4 Å². The molecule has 8 heteroatoms. The average molecular weight is 457 g/mol. The molecule has 0 aliphatic rings. The topological polar surface area (TPSA) is 112 Å². The minimum atomic E-state index is -0.497. The predicted octanol–water partition coefficient (Wildman–Crippen LogP) is 3.82. The van der Waals surface area contributed by atoms with Crippen LogP contribution in [0.5, 0.6) is 11.5 Å². The number of ether oxygens (including phenoxy) is 1. The zero-order valence-corrected chi connectivity index (χ0v) is 18.3. The van der Waals surface area contributed by atoms with Gasteiger partial charge in [-0.3, -0.25) is 25.2 Å². The Bertz CT molecular complexity index is 1290. The van der Waals surface area contributed by atoms with Crippen molar-refractivity contribution in [2.24, 2.45) is 0 Å². The quantitative estimate of drug-likeness (QED) is 0.302. The summed E-state index contributed by atoms with van der Waals surface area (Å²) >= 11 is 0. The normalized spacial score (nSPS) is 10.5. The van der Waals surface area contributed by atoms with Crippen LogP contribution in [0.3, 0.4) is 0 Å². The molecule has 4 N–H and O–H groups in total. The highest BCUT2D eigenvalue weighted by molar-refractivity contribution is 5.99. The summed E-state index contributed by atoms with van der Waals surface area (Å²) in [4.78, 5) is 39.4. The average Bonchev–Trinajstić information content (AvgIpc) is 3.29. The number of rotatable bonds is 8. The van der Waals surface area contributed by atoms with Crippen molar-refractivity contribution >= 4 is 28.6 Å². The van der Waals surface area contributed by atoms with Crippen LogP contribution in [0.4, 0.5) is 0 Å². The third-order valence-electron chi connectivity index (χ3n) is 5.04. The fourth-order valence-corrected chi connectivity index (χ4v) is 3.29. The third kappa shape index (κ3) is 6.23. The summed E-state index contributed by atoms with van der Waals surface area (Å²) in [5, 5.41) is 3.55. The van der Waals surface area contributed by atoms with Gasteiger partial charge in [0.15, 0.2) is 0 Å². The molecule has 0 radical (unpaired) electrons. The number of amides is 3. The number of fused-ring (bicyclic) bond motifs is 1. The zero-order valence-electron chi connectivity index (χ0n) is 18.3. The SMILES string of the molecule is O=C(CCC(=O)NNC(=O)c1cc2cc(Oc3ccccc3)ccc2[nH]1)NCc1ccccc1. The molecule has 0 saturated carbocycles. The Morgan fingerprint density at radius 2 is 1.44 bits per heavy atom. The Balaban J connectivity index is 1.24. The molecule has 4 aromatic rings. The Kier molecular flexibility index (Phi) is 7.19. The maximum atomic E-state index is 12.4. The fourth-order valence-electron chi connectivity index (χ4n) is 3.29. The van der Waals surface area contributed by atoms with Gasteiger partial charge >= 0.3 is 0 Å². The van der Waals surface area contributed by atoms with E-state index in [4.69, 9.17) is 4.74 Å². The number of benzene rings is 3. The van der Waals surface area contributed by atoms with Crippen LogP contribution in [0.2, 0.25) is 0 Å². The standard InChI is InChI=1S/C26H24N4O4/c31-24(27-17-18-7-3-1-4-8-18)13-14-25(32)29-30-26(33)23-16-19-15-21(11-12-22(19)28-23)34-20-9-5-2-6-10-20/h1-12,15-16,28H,13-14,17H2,(H,27,31)(H,29,32)(H,30,33). The van der Waals surface area contributed by atoms with Crippen molar-refractivity contribution in [3.05, 3.63) is 96.2 Å². The van der Waals surface area contributed by atoms with Crippen LogP contribution in [-0.4, -0.2) is 22.7 Å². The number of H-pyrrole nitrogens is 1. The molecule has 0 spiro atoms. The van der Waals surface area contributed by atoms with Crippen LogP contribution in [0.15, 0.2) is 84.9 Å². The number of aromatic amines is 1. The van der Waals surface area contributed by atoms with Gasteiger partial charge in [0.2, 0.25) is 11.8 Å². The van der Waals surface area contributed by atoms with E-state index >= 15 is 0 Å². The van der Waals surface area contributed by atoms with Gasteiger partial charge in [-0.2, -0.15) is 0 Å². The van der Waals surface area contributed by atoms with Gasteiger partial charge in [0.25, 0.3) is 5.91 Å². The van der Waals surface area contributed by atoms with Crippen LogP contribution >= 0.6 is 0 Å². The van der Waals surface area contributed by atoms with Gasteiger partial charge in [-0.25, -0.2) is 0 Å². The maximum Gasteiger partial charge on any atom is 0.286 e. The lowest BCUT2D eigenvalue weighted by Crippen LogP contribution is -2.42. The summed E-state index contributed by atoms with van der Waals surface area (Å²) in [6, 6.07) is 26.0. The summed E-state index contributed by atoms with van der Waals surface area (Å²) in [6.45, 7) is 0.399. The first kappa shape index (κ1) is 22.6. The fraction of sp³-hybridized carbons (Fsp3) is 0.115. The summed E-state index contributed by atoms with van der Waals surface area (Å²) in [7, 11) is 0. The van der Waals surface area contributed by atoms with Gasteiger partial charge in [-0.1, -0.05) is 48.5 Å². The molecule has 3 amide bonds. The minimum Gasteiger partial charge on any atom is -0.457 e. The first-order chi connectivity index (χ1) is 16.6. The molecule has 0 bridgehead atoms. The highest BCUT2D eigenvalue weighted by Gasteiger charge is 2.12. The molecule has 0 fully saturated rings. The van der Waals surface area contributed by atoms with Crippen molar-refractivity contribution in [2.75, 3.05) is 0 Å². The first-order valence-electron chi connectivity index (χ1n) is 10.8. The number of hydrogen-bond acceptors (Lipinski definition) is 4. The highest BCUT2D eigenvalue weighted by atomic mass is 16.5. The molecule has 1 aromatic heterocycles. The van der Waals surface area contributed by atoms with E-state index in [1.165, 1.54) is 0 Å². The Labute approximate surface area is 196 Å². The van der Waals surface area contributed by atoms with Crippen LogP contribution in [-0.2, 0) is 16.1 Å². The Morgan fingerprint density at radius 1 is 0.735 bits per heavy atom. The van der Waals surface area contributed by atoms with E-state index in [0.29, 0.717) is 18.0 Å². The number of carbonyl (C=O) groups is 3. The Morgan fingerprint density at radius 3 is 2.21 bits per heavy atom. The number of hydrazine groups is 1. The second-order valence-electron chi connectivity index (χ2n) is 7.61. The van der Waals surface area contributed by atoms with Crippen molar-refractivity contribution in [1.29, 1.82) is 0 Å². The number of para-hydroxylation sites is 1. The van der Waals surface area contributed by atoms with E-state index in [0.717, 1.165) is 16.5 Å². The summed E-state index contributed by atoms with van der Waals surface area (Å²) in [5.74, 6) is 0.159. The number of aromatic nitrogens is 1. The van der Waals surface area contributed by atoms with Gasteiger partial charge in [0.05, 0.1) is 0 Å². The second-order valence-corrected chi connectivity index (χ2v) is 7.61. The number of hydrogen-bond donors (Lipinski definition) is 4. The van der Waals surface area contributed by atoms with E-state index in [2.05, 4.69) is 21.2 Å². The molecule has 1 heterocycles. The first-order valence-corrected chi connectivity index (χ1v) is 10.8. The van der Waals surface area contributed by atoms with Crippen molar-refractivity contribution < 1.29 is 19.1 Å².